The first-order chi connectivity index (χ1) is 10.5. The van der Waals surface area contributed by atoms with Crippen LogP contribution in [0.25, 0.3) is 10.8 Å². The van der Waals surface area contributed by atoms with Crippen LogP contribution < -0.4 is 5.32 Å². The average molecular weight is 332 g/mol. The molecule has 0 heterocycles. The third-order valence-corrected chi connectivity index (χ3v) is 3.69. The van der Waals surface area contributed by atoms with Crippen LogP contribution in [-0.4, -0.2) is 11.0 Å². The number of fused-ring (bicyclic) bond motifs is 1. The Hall–Kier alpha value is -2.23. The molecule has 0 radical (unpaired) electrons. The molecule has 0 saturated carbocycles. The molecule has 0 aliphatic rings. The van der Waals surface area contributed by atoms with Gasteiger partial charge >= 0.3 is 0 Å². The number of amides is 1. The molecule has 3 rings (SSSR count). The fourth-order valence-electron chi connectivity index (χ4n) is 2.32. The number of hydrogen-bond acceptors (Lipinski definition) is 2. The molecule has 110 valence electrons. The predicted molar refractivity (Wildman–Crippen MR) is 90.0 cm³/mol. The van der Waals surface area contributed by atoms with Gasteiger partial charge in [0.2, 0.25) is 0 Å². The highest BCUT2D eigenvalue weighted by Crippen LogP contribution is 2.29. The molecule has 0 aliphatic heterocycles. The number of hydrogen-bond donors (Lipinski definition) is 2. The van der Waals surface area contributed by atoms with Crippen molar-refractivity contribution in [3.8, 4) is 5.75 Å². The maximum atomic E-state index is 12.5. The Bertz CT molecular complexity index is 857. The summed E-state index contributed by atoms with van der Waals surface area (Å²) < 4.78 is 0. The molecule has 3 nitrogen and oxygen atoms in total. The van der Waals surface area contributed by atoms with Crippen LogP contribution in [0, 0.1) is 0 Å². The van der Waals surface area contributed by atoms with E-state index in [0.717, 1.165) is 5.39 Å². The summed E-state index contributed by atoms with van der Waals surface area (Å²) in [5.74, 6) is -0.503. The van der Waals surface area contributed by atoms with Gasteiger partial charge in [0.05, 0.1) is 5.56 Å². The Morgan fingerprint density at radius 3 is 2.36 bits per heavy atom. The number of nitrogens with one attached hydrogen (secondary N) is 1. The highest BCUT2D eigenvalue weighted by atomic mass is 35.5. The van der Waals surface area contributed by atoms with Gasteiger partial charge in [-0.15, -0.1) is 0 Å². The Labute approximate surface area is 137 Å². The quantitative estimate of drug-likeness (QED) is 0.685. The van der Waals surface area contributed by atoms with Gasteiger partial charge in [0.25, 0.3) is 5.91 Å². The molecule has 2 N–H and O–H groups in total. The van der Waals surface area contributed by atoms with E-state index in [1.807, 2.05) is 18.2 Å². The molecule has 0 fully saturated rings. The Morgan fingerprint density at radius 1 is 0.955 bits per heavy atom. The van der Waals surface area contributed by atoms with Crippen LogP contribution in [0.3, 0.4) is 0 Å². The lowest BCUT2D eigenvalue weighted by Gasteiger charge is -2.10. The van der Waals surface area contributed by atoms with E-state index < -0.39 is 5.91 Å². The van der Waals surface area contributed by atoms with Gasteiger partial charge in [-0.05, 0) is 35.0 Å². The van der Waals surface area contributed by atoms with Crippen molar-refractivity contribution in [2.45, 2.75) is 0 Å². The van der Waals surface area contributed by atoms with Crippen LogP contribution in [0.15, 0.2) is 54.6 Å². The van der Waals surface area contributed by atoms with E-state index in [-0.39, 0.29) is 11.3 Å². The number of aromatic hydroxyl groups is 1. The van der Waals surface area contributed by atoms with Crippen molar-refractivity contribution in [2.75, 3.05) is 5.32 Å². The van der Waals surface area contributed by atoms with Crippen molar-refractivity contribution in [1.29, 1.82) is 0 Å². The van der Waals surface area contributed by atoms with Gasteiger partial charge in [0.15, 0.2) is 0 Å². The molecule has 0 unspecified atom stereocenters. The first-order valence-corrected chi connectivity index (χ1v) is 7.28. The van der Waals surface area contributed by atoms with Crippen molar-refractivity contribution >= 4 is 45.6 Å². The first kappa shape index (κ1) is 14.7. The molecule has 0 atom stereocenters. The van der Waals surface area contributed by atoms with Crippen molar-refractivity contribution < 1.29 is 9.90 Å². The predicted octanol–water partition coefficient (Wildman–Crippen LogP) is 5.10. The maximum Gasteiger partial charge on any atom is 0.260 e. The van der Waals surface area contributed by atoms with Crippen LogP contribution in [-0.2, 0) is 0 Å². The zero-order valence-corrected chi connectivity index (χ0v) is 12.8. The first-order valence-electron chi connectivity index (χ1n) is 6.53. The monoisotopic (exact) mass is 331 g/mol. The number of rotatable bonds is 2. The molecule has 3 aromatic carbocycles. The molecule has 3 aromatic rings. The second-order valence-corrected chi connectivity index (χ2v) is 5.67. The number of phenols is 1. The van der Waals surface area contributed by atoms with E-state index in [1.165, 1.54) is 6.07 Å². The fraction of sp³-hybridized carbons (Fsp3) is 0. The van der Waals surface area contributed by atoms with Crippen molar-refractivity contribution in [3.05, 3.63) is 70.2 Å². The smallest absolute Gasteiger partial charge is 0.260 e. The molecular weight excluding hydrogens is 321 g/mol. The van der Waals surface area contributed by atoms with Crippen molar-refractivity contribution in [1.82, 2.24) is 0 Å². The summed E-state index contributed by atoms with van der Waals surface area (Å²) in [4.78, 5) is 12.5. The second-order valence-electron chi connectivity index (χ2n) is 4.79. The second kappa shape index (κ2) is 5.87. The minimum absolute atomic E-state index is 0.0793. The molecule has 0 aliphatic carbocycles. The number of benzene rings is 3. The molecule has 0 bridgehead atoms. The number of anilines is 1. The van der Waals surface area contributed by atoms with E-state index in [2.05, 4.69) is 5.32 Å². The molecule has 0 saturated heterocycles. The molecular formula is C17H11Cl2NO2. The van der Waals surface area contributed by atoms with E-state index in [0.29, 0.717) is 21.1 Å². The van der Waals surface area contributed by atoms with Crippen LogP contribution in [0.1, 0.15) is 10.4 Å². The van der Waals surface area contributed by atoms with E-state index in [4.69, 9.17) is 23.2 Å². The lowest BCUT2D eigenvalue weighted by molar-refractivity contribution is 0.102. The summed E-state index contributed by atoms with van der Waals surface area (Å²) in [6.45, 7) is 0. The SMILES string of the molecule is O=C(Nc1cc(Cl)cc(Cl)c1)c1c(O)ccc2ccccc12. The van der Waals surface area contributed by atoms with E-state index in [9.17, 15) is 9.90 Å². The summed E-state index contributed by atoms with van der Waals surface area (Å²) in [5.41, 5.74) is 0.684. The zero-order chi connectivity index (χ0) is 15.7. The van der Waals surface area contributed by atoms with Gasteiger partial charge in [0, 0.05) is 15.7 Å². The highest BCUT2D eigenvalue weighted by Gasteiger charge is 2.15. The number of carbonyl (C=O) groups excluding carboxylic acids is 1. The molecule has 22 heavy (non-hydrogen) atoms. The standard InChI is InChI=1S/C17H11Cl2NO2/c18-11-7-12(19)9-13(8-11)20-17(22)16-14-4-2-1-3-10(14)5-6-15(16)21/h1-9,21H,(H,20,22). The number of carbonyl (C=O) groups is 1. The lowest BCUT2D eigenvalue weighted by Crippen LogP contribution is -2.12. The summed E-state index contributed by atoms with van der Waals surface area (Å²) in [5, 5.41) is 15.1. The Kier molecular flexibility index (Phi) is 3.92. The van der Waals surface area contributed by atoms with Gasteiger partial charge in [-0.3, -0.25) is 4.79 Å². The van der Waals surface area contributed by atoms with E-state index >= 15 is 0 Å². The van der Waals surface area contributed by atoms with Gasteiger partial charge < -0.3 is 10.4 Å². The largest absolute Gasteiger partial charge is 0.507 e. The summed E-state index contributed by atoms with van der Waals surface area (Å²) in [6, 6.07) is 15.4. The third kappa shape index (κ3) is 2.86. The highest BCUT2D eigenvalue weighted by molar-refractivity contribution is 6.35. The fourth-order valence-corrected chi connectivity index (χ4v) is 2.84. The van der Waals surface area contributed by atoms with Gasteiger partial charge in [-0.25, -0.2) is 0 Å². The topological polar surface area (TPSA) is 49.3 Å². The Morgan fingerprint density at radius 2 is 1.64 bits per heavy atom. The van der Waals surface area contributed by atoms with Crippen LogP contribution in [0.2, 0.25) is 10.0 Å². The van der Waals surface area contributed by atoms with E-state index in [1.54, 1.807) is 30.3 Å². The van der Waals surface area contributed by atoms with Gasteiger partial charge in [0.1, 0.15) is 5.75 Å². The molecule has 0 spiro atoms. The Balaban J connectivity index is 2.04. The van der Waals surface area contributed by atoms with Crippen LogP contribution >= 0.6 is 23.2 Å². The van der Waals surface area contributed by atoms with Gasteiger partial charge in [-0.2, -0.15) is 0 Å². The van der Waals surface area contributed by atoms with Crippen LogP contribution in [0.4, 0.5) is 5.69 Å². The van der Waals surface area contributed by atoms with Crippen molar-refractivity contribution in [3.63, 3.8) is 0 Å². The maximum absolute atomic E-state index is 12.5. The number of halogens is 2. The molecule has 0 aromatic heterocycles. The van der Waals surface area contributed by atoms with Crippen LogP contribution in [0.5, 0.6) is 5.75 Å². The van der Waals surface area contributed by atoms with Gasteiger partial charge in [-0.1, -0.05) is 53.5 Å². The minimum Gasteiger partial charge on any atom is -0.507 e. The summed E-state index contributed by atoms with van der Waals surface area (Å²) >= 11 is 11.8. The minimum atomic E-state index is -0.423. The average Bonchev–Trinajstić information content (AvgIpc) is 2.45. The summed E-state index contributed by atoms with van der Waals surface area (Å²) in [7, 11) is 0. The summed E-state index contributed by atoms with van der Waals surface area (Å²) in [6.07, 6.45) is 0. The molecule has 5 heteroatoms. The van der Waals surface area contributed by atoms with Crippen molar-refractivity contribution in [2.24, 2.45) is 0 Å². The zero-order valence-electron chi connectivity index (χ0n) is 11.3. The lowest BCUT2D eigenvalue weighted by atomic mass is 10.0. The normalized spacial score (nSPS) is 10.6. The number of phenolic OH excluding ortho intramolecular Hbond substituents is 1. The third-order valence-electron chi connectivity index (χ3n) is 3.25. The molecule has 1 amide bonds.